The third-order valence-electron chi connectivity index (χ3n) is 6.03. The van der Waals surface area contributed by atoms with Crippen LogP contribution in [0.4, 0.5) is 0 Å². The van der Waals surface area contributed by atoms with Crippen molar-refractivity contribution in [1.82, 2.24) is 24.6 Å². The zero-order valence-electron chi connectivity index (χ0n) is 19.4. The summed E-state index contributed by atoms with van der Waals surface area (Å²) in [6.07, 6.45) is 3.88. The molecule has 1 saturated heterocycles. The van der Waals surface area contributed by atoms with Gasteiger partial charge < -0.3 is 9.30 Å². The van der Waals surface area contributed by atoms with Crippen molar-refractivity contribution in [1.29, 1.82) is 0 Å². The second-order valence-corrected chi connectivity index (χ2v) is 10.3. The van der Waals surface area contributed by atoms with Gasteiger partial charge in [-0.05, 0) is 55.8 Å². The summed E-state index contributed by atoms with van der Waals surface area (Å²) in [6, 6.07) is 18.6. The molecule has 2 aromatic heterocycles. The third kappa shape index (κ3) is 5.68. The van der Waals surface area contributed by atoms with E-state index in [0.29, 0.717) is 0 Å². The van der Waals surface area contributed by atoms with E-state index in [9.17, 15) is 0 Å². The molecule has 0 bridgehead atoms. The van der Waals surface area contributed by atoms with Crippen LogP contribution in [0.3, 0.4) is 0 Å². The first-order chi connectivity index (χ1) is 16.8. The van der Waals surface area contributed by atoms with Gasteiger partial charge in [0, 0.05) is 16.7 Å². The molecule has 176 valence electrons. The predicted molar refractivity (Wildman–Crippen MR) is 138 cm³/mol. The van der Waals surface area contributed by atoms with E-state index in [-0.39, 0.29) is 0 Å². The summed E-state index contributed by atoms with van der Waals surface area (Å²) in [5.74, 6) is 2.67. The Morgan fingerprint density at radius 2 is 1.74 bits per heavy atom. The molecular weight excluding hydrogens is 462 g/mol. The van der Waals surface area contributed by atoms with Crippen LogP contribution in [0.5, 0.6) is 5.75 Å². The van der Waals surface area contributed by atoms with E-state index in [1.54, 1.807) is 30.2 Å². The monoisotopic (exact) mass is 491 g/mol. The molecule has 1 aliphatic heterocycles. The lowest BCUT2D eigenvalue weighted by atomic mass is 10.1. The highest BCUT2D eigenvalue weighted by atomic mass is 32.2. The van der Waals surface area contributed by atoms with Gasteiger partial charge in [-0.25, -0.2) is 4.98 Å². The van der Waals surface area contributed by atoms with Crippen molar-refractivity contribution >= 4 is 23.1 Å². The topological polar surface area (TPSA) is 56.1 Å². The number of hydrogen-bond acceptors (Lipinski definition) is 7. The van der Waals surface area contributed by atoms with Gasteiger partial charge in [-0.15, -0.1) is 21.5 Å². The van der Waals surface area contributed by atoms with E-state index in [2.05, 4.69) is 67.5 Å². The highest BCUT2D eigenvalue weighted by molar-refractivity contribution is 7.98. The maximum atomic E-state index is 5.26. The molecule has 0 saturated carbocycles. The molecule has 5 rings (SSSR count). The maximum Gasteiger partial charge on any atom is 0.191 e. The Kier molecular flexibility index (Phi) is 7.58. The lowest BCUT2D eigenvalue weighted by Crippen LogP contribution is -2.30. The summed E-state index contributed by atoms with van der Waals surface area (Å²) in [5, 5.41) is 13.3. The summed E-state index contributed by atoms with van der Waals surface area (Å²) in [7, 11) is 1.68. The first-order valence-electron chi connectivity index (χ1n) is 11.7. The summed E-state index contributed by atoms with van der Waals surface area (Å²) in [4.78, 5) is 7.36. The van der Waals surface area contributed by atoms with Crippen LogP contribution in [0.15, 0.2) is 65.1 Å². The molecule has 0 aliphatic carbocycles. The van der Waals surface area contributed by atoms with Crippen molar-refractivity contribution in [3.63, 3.8) is 0 Å². The van der Waals surface area contributed by atoms with Crippen LogP contribution in [0.1, 0.15) is 36.3 Å². The number of nitrogens with zero attached hydrogens (tertiary/aromatic N) is 5. The SMILES string of the molecule is COc1ccc(-c2nc(CSc3nnc(CN4CCCCC4)n3Cc3ccccc3)cs2)cc1. The largest absolute Gasteiger partial charge is 0.497 e. The fourth-order valence-corrected chi connectivity index (χ4v) is 5.94. The summed E-state index contributed by atoms with van der Waals surface area (Å²) < 4.78 is 7.55. The second kappa shape index (κ2) is 11.2. The Hall–Kier alpha value is -2.68. The molecule has 0 atom stereocenters. The molecule has 6 nitrogen and oxygen atoms in total. The fraction of sp³-hybridized carbons (Fsp3) is 0.346. The minimum Gasteiger partial charge on any atom is -0.497 e. The Bertz CT molecular complexity index is 1180. The van der Waals surface area contributed by atoms with Crippen LogP contribution in [0, 0.1) is 0 Å². The van der Waals surface area contributed by atoms with Crippen LogP contribution in [0.25, 0.3) is 10.6 Å². The number of hydrogen-bond donors (Lipinski definition) is 0. The molecule has 1 fully saturated rings. The van der Waals surface area contributed by atoms with Gasteiger partial charge in [-0.1, -0.05) is 48.5 Å². The van der Waals surface area contributed by atoms with Crippen LogP contribution in [0.2, 0.25) is 0 Å². The average Bonchev–Trinajstić information content (AvgIpc) is 3.51. The number of ether oxygens (including phenoxy) is 1. The molecule has 8 heteroatoms. The first kappa shape index (κ1) is 23.1. The van der Waals surface area contributed by atoms with Crippen LogP contribution in [-0.2, 0) is 18.8 Å². The van der Waals surface area contributed by atoms with Gasteiger partial charge in [0.05, 0.1) is 25.9 Å². The van der Waals surface area contributed by atoms with E-state index in [0.717, 1.165) is 64.9 Å². The quantitative estimate of drug-likeness (QED) is 0.279. The van der Waals surface area contributed by atoms with E-state index < -0.39 is 0 Å². The van der Waals surface area contributed by atoms with Crippen LogP contribution in [-0.4, -0.2) is 44.8 Å². The molecule has 0 spiro atoms. The Labute approximate surface area is 209 Å². The van der Waals surface area contributed by atoms with E-state index in [4.69, 9.17) is 9.72 Å². The predicted octanol–water partition coefficient (Wildman–Crippen LogP) is 5.74. The molecule has 1 aliphatic rings. The van der Waals surface area contributed by atoms with Crippen molar-refractivity contribution < 1.29 is 4.74 Å². The summed E-state index contributed by atoms with van der Waals surface area (Å²) in [5.41, 5.74) is 3.44. The molecule has 34 heavy (non-hydrogen) atoms. The van der Waals surface area contributed by atoms with Crippen molar-refractivity contribution in [3.8, 4) is 16.3 Å². The first-order valence-corrected chi connectivity index (χ1v) is 13.5. The molecule has 0 unspecified atom stereocenters. The van der Waals surface area contributed by atoms with Gasteiger partial charge in [0.15, 0.2) is 5.16 Å². The Morgan fingerprint density at radius 3 is 2.50 bits per heavy atom. The van der Waals surface area contributed by atoms with Crippen molar-refractivity contribution in [2.24, 2.45) is 0 Å². The van der Waals surface area contributed by atoms with Gasteiger partial charge in [0.25, 0.3) is 0 Å². The zero-order valence-corrected chi connectivity index (χ0v) is 21.0. The summed E-state index contributed by atoms with van der Waals surface area (Å²) >= 11 is 3.38. The minimum absolute atomic E-state index is 0.767. The van der Waals surface area contributed by atoms with E-state index in [1.165, 1.54) is 24.8 Å². The van der Waals surface area contributed by atoms with Gasteiger partial charge in [0.2, 0.25) is 0 Å². The Morgan fingerprint density at radius 1 is 0.941 bits per heavy atom. The number of aromatic nitrogens is 4. The normalized spacial score (nSPS) is 14.4. The van der Waals surface area contributed by atoms with Gasteiger partial charge in [-0.3, -0.25) is 4.90 Å². The highest BCUT2D eigenvalue weighted by Gasteiger charge is 2.18. The van der Waals surface area contributed by atoms with E-state index >= 15 is 0 Å². The highest BCUT2D eigenvalue weighted by Crippen LogP contribution is 2.29. The minimum atomic E-state index is 0.767. The maximum absolute atomic E-state index is 5.26. The molecule has 0 radical (unpaired) electrons. The van der Waals surface area contributed by atoms with Crippen molar-refractivity contribution in [2.75, 3.05) is 20.2 Å². The molecule has 2 aromatic carbocycles. The number of benzene rings is 2. The van der Waals surface area contributed by atoms with Crippen LogP contribution >= 0.6 is 23.1 Å². The van der Waals surface area contributed by atoms with E-state index in [1.807, 2.05) is 12.1 Å². The van der Waals surface area contributed by atoms with Crippen LogP contribution < -0.4 is 4.74 Å². The number of thiazole rings is 1. The van der Waals surface area contributed by atoms with Gasteiger partial charge >= 0.3 is 0 Å². The molecule has 0 N–H and O–H groups in total. The number of thioether (sulfide) groups is 1. The third-order valence-corrected chi connectivity index (χ3v) is 7.97. The Balaban J connectivity index is 1.31. The lowest BCUT2D eigenvalue weighted by molar-refractivity contribution is 0.213. The molecular formula is C26H29N5OS2. The smallest absolute Gasteiger partial charge is 0.191 e. The number of methoxy groups -OCH3 is 1. The van der Waals surface area contributed by atoms with Crippen molar-refractivity contribution in [2.45, 2.75) is 43.3 Å². The number of piperidine rings is 1. The molecule has 4 aromatic rings. The van der Waals surface area contributed by atoms with Crippen molar-refractivity contribution in [3.05, 3.63) is 77.1 Å². The number of rotatable bonds is 9. The summed E-state index contributed by atoms with van der Waals surface area (Å²) in [6.45, 7) is 3.94. The molecule has 3 heterocycles. The average molecular weight is 492 g/mol. The second-order valence-electron chi connectivity index (χ2n) is 8.47. The van der Waals surface area contributed by atoms with Gasteiger partial charge in [0.1, 0.15) is 16.6 Å². The zero-order chi connectivity index (χ0) is 23.2. The molecule has 0 amide bonds. The lowest BCUT2D eigenvalue weighted by Gasteiger charge is -2.26. The number of likely N-dealkylation sites (tertiary alicyclic amines) is 1. The standard InChI is InChI=1S/C26H29N5OS2/c1-32-23-12-10-21(11-13-23)25-27-22(18-33-25)19-34-26-29-28-24(17-30-14-6-3-7-15-30)31(26)16-20-8-4-2-5-9-20/h2,4-5,8-13,18H,3,6-7,14-17,19H2,1H3. The van der Waals surface area contributed by atoms with Gasteiger partial charge in [-0.2, -0.15) is 0 Å². The fourth-order valence-electron chi connectivity index (χ4n) is 4.16.